The molecule has 7 nitrogen and oxygen atoms in total. The van der Waals surface area contributed by atoms with Crippen molar-refractivity contribution in [1.29, 1.82) is 0 Å². The van der Waals surface area contributed by atoms with Crippen molar-refractivity contribution < 1.29 is 24.2 Å². The minimum absolute atomic E-state index is 0.142. The molecule has 2 aromatic carbocycles. The second kappa shape index (κ2) is 9.90. The Morgan fingerprint density at radius 3 is 2.46 bits per heavy atom. The molecule has 1 aliphatic rings. The summed E-state index contributed by atoms with van der Waals surface area (Å²) in [5, 5.41) is 11.6. The first-order valence-electron chi connectivity index (χ1n) is 10.7. The summed E-state index contributed by atoms with van der Waals surface area (Å²) < 4.78 is 5.26. The van der Waals surface area contributed by atoms with Crippen molar-refractivity contribution in [2.75, 3.05) is 4.90 Å². The summed E-state index contributed by atoms with van der Waals surface area (Å²) in [5.41, 5.74) is 1.07. The van der Waals surface area contributed by atoms with Gasteiger partial charge in [0.25, 0.3) is 11.7 Å². The van der Waals surface area contributed by atoms with Crippen molar-refractivity contribution in [2.24, 2.45) is 0 Å². The van der Waals surface area contributed by atoms with Gasteiger partial charge in [0.05, 0.1) is 33.3 Å². The fourth-order valence-electron chi connectivity index (χ4n) is 3.82. The molecule has 1 unspecified atom stereocenters. The van der Waals surface area contributed by atoms with E-state index in [0.717, 1.165) is 0 Å². The summed E-state index contributed by atoms with van der Waals surface area (Å²) in [5.74, 6) is -2.73. The average Bonchev–Trinajstić information content (AvgIpc) is 3.11. The topological polar surface area (TPSA) is 96.8 Å². The number of hydrogen-bond acceptors (Lipinski definition) is 6. The molecule has 1 atom stereocenters. The van der Waals surface area contributed by atoms with E-state index >= 15 is 0 Å². The van der Waals surface area contributed by atoms with Gasteiger partial charge in [-0.2, -0.15) is 0 Å². The van der Waals surface area contributed by atoms with Crippen molar-refractivity contribution in [2.45, 2.75) is 26.0 Å². The summed E-state index contributed by atoms with van der Waals surface area (Å²) in [7, 11) is 0. The molecule has 1 amide bonds. The van der Waals surface area contributed by atoms with E-state index < -0.39 is 29.5 Å². The third kappa shape index (κ3) is 4.78. The van der Waals surface area contributed by atoms with E-state index in [9.17, 15) is 19.5 Å². The van der Waals surface area contributed by atoms with Crippen LogP contribution in [0, 0.1) is 0 Å². The number of benzene rings is 2. The predicted octanol–water partition coefficient (Wildman–Crippen LogP) is 5.58. The zero-order valence-electron chi connectivity index (χ0n) is 18.7. The van der Waals surface area contributed by atoms with E-state index in [2.05, 4.69) is 4.98 Å². The Hall–Kier alpha value is -3.68. The van der Waals surface area contributed by atoms with E-state index in [1.807, 2.05) is 0 Å². The van der Waals surface area contributed by atoms with Crippen LogP contribution in [0.15, 0.2) is 72.6 Å². The Balaban J connectivity index is 1.89. The largest absolute Gasteiger partial charge is 0.507 e. The van der Waals surface area contributed by atoms with Crippen molar-refractivity contribution in [3.05, 3.63) is 99.3 Å². The van der Waals surface area contributed by atoms with Crippen LogP contribution in [0.3, 0.4) is 0 Å². The van der Waals surface area contributed by atoms with Crippen molar-refractivity contribution in [1.82, 2.24) is 4.98 Å². The Kier molecular flexibility index (Phi) is 6.91. The Bertz CT molecular complexity index is 1350. The number of ketones is 1. The first kappa shape index (κ1) is 24.4. The molecule has 4 rings (SSSR count). The van der Waals surface area contributed by atoms with Crippen LogP contribution in [-0.2, 0) is 14.3 Å². The van der Waals surface area contributed by atoms with Gasteiger partial charge in [-0.3, -0.25) is 19.5 Å². The SMILES string of the molecule is CC(C)OC(=O)c1cccc(N2C(=O)C(=O)/C(=C(/O)c3ccc(Cl)c(Cl)c3)C2c2cccnc2)c1. The maximum atomic E-state index is 13.3. The molecule has 0 radical (unpaired) electrons. The number of aromatic nitrogens is 1. The van der Waals surface area contributed by atoms with Gasteiger partial charge in [-0.1, -0.05) is 35.3 Å². The Morgan fingerprint density at radius 1 is 1.03 bits per heavy atom. The van der Waals surface area contributed by atoms with Gasteiger partial charge in [-0.15, -0.1) is 0 Å². The number of nitrogens with zero attached hydrogens (tertiary/aromatic N) is 2. The average molecular weight is 511 g/mol. The lowest BCUT2D eigenvalue weighted by Crippen LogP contribution is -2.29. The van der Waals surface area contributed by atoms with Crippen LogP contribution in [0.4, 0.5) is 5.69 Å². The molecule has 1 fully saturated rings. The molecule has 35 heavy (non-hydrogen) atoms. The summed E-state index contributed by atoms with van der Waals surface area (Å²) >= 11 is 12.1. The quantitative estimate of drug-likeness (QED) is 0.208. The number of halogens is 2. The maximum Gasteiger partial charge on any atom is 0.338 e. The molecule has 0 saturated carbocycles. The smallest absolute Gasteiger partial charge is 0.338 e. The number of aliphatic hydroxyl groups excluding tert-OH is 1. The minimum Gasteiger partial charge on any atom is -0.507 e. The monoisotopic (exact) mass is 510 g/mol. The molecule has 1 N–H and O–H groups in total. The highest BCUT2D eigenvalue weighted by atomic mass is 35.5. The molecule has 0 spiro atoms. The van der Waals surface area contributed by atoms with Gasteiger partial charge in [0.2, 0.25) is 0 Å². The van der Waals surface area contributed by atoms with Gasteiger partial charge in [0, 0.05) is 23.6 Å². The van der Waals surface area contributed by atoms with Gasteiger partial charge >= 0.3 is 5.97 Å². The van der Waals surface area contributed by atoms with Gasteiger partial charge < -0.3 is 9.84 Å². The highest BCUT2D eigenvalue weighted by Crippen LogP contribution is 2.42. The predicted molar refractivity (Wildman–Crippen MR) is 132 cm³/mol. The maximum absolute atomic E-state index is 13.3. The highest BCUT2D eigenvalue weighted by Gasteiger charge is 2.47. The number of carbonyl (C=O) groups is 3. The molecule has 0 bridgehead atoms. The molecular formula is C26H20Cl2N2O5. The molecule has 3 aromatic rings. The number of amides is 1. The molecule has 2 heterocycles. The summed E-state index contributed by atoms with van der Waals surface area (Å²) in [4.78, 5) is 44.3. The summed E-state index contributed by atoms with van der Waals surface area (Å²) in [6.45, 7) is 3.46. The van der Waals surface area contributed by atoms with Crippen LogP contribution >= 0.6 is 23.2 Å². The van der Waals surface area contributed by atoms with Crippen LogP contribution in [-0.4, -0.2) is 33.9 Å². The van der Waals surface area contributed by atoms with Gasteiger partial charge in [0.1, 0.15) is 5.76 Å². The third-order valence-corrected chi connectivity index (χ3v) is 6.08. The number of ether oxygens (including phenoxy) is 1. The fourth-order valence-corrected chi connectivity index (χ4v) is 4.11. The number of aliphatic hydroxyl groups is 1. The molecule has 0 aliphatic carbocycles. The van der Waals surface area contributed by atoms with Crippen LogP contribution in [0.25, 0.3) is 5.76 Å². The first-order valence-corrected chi connectivity index (χ1v) is 11.4. The lowest BCUT2D eigenvalue weighted by Gasteiger charge is -2.25. The van der Waals surface area contributed by atoms with Gasteiger partial charge in [0.15, 0.2) is 0 Å². The fraction of sp³-hybridized carbons (Fsp3) is 0.154. The van der Waals surface area contributed by atoms with Gasteiger partial charge in [-0.25, -0.2) is 4.79 Å². The van der Waals surface area contributed by atoms with E-state index in [1.54, 1.807) is 50.4 Å². The van der Waals surface area contributed by atoms with E-state index in [-0.39, 0.29) is 38.5 Å². The highest BCUT2D eigenvalue weighted by molar-refractivity contribution is 6.51. The molecule has 1 saturated heterocycles. The van der Waals surface area contributed by atoms with Crippen LogP contribution < -0.4 is 4.90 Å². The molecule has 1 aliphatic heterocycles. The van der Waals surface area contributed by atoms with Crippen molar-refractivity contribution in [3.8, 4) is 0 Å². The first-order chi connectivity index (χ1) is 16.7. The Labute approximate surface area is 211 Å². The van der Waals surface area contributed by atoms with Crippen LogP contribution in [0.1, 0.15) is 41.4 Å². The van der Waals surface area contributed by atoms with Crippen molar-refractivity contribution in [3.63, 3.8) is 0 Å². The minimum atomic E-state index is -1.01. The number of anilines is 1. The zero-order valence-corrected chi connectivity index (χ0v) is 20.2. The number of hydrogen-bond donors (Lipinski definition) is 1. The molecule has 9 heteroatoms. The second-order valence-electron chi connectivity index (χ2n) is 8.09. The summed E-state index contributed by atoms with van der Waals surface area (Å²) in [6.07, 6.45) is 2.72. The van der Waals surface area contributed by atoms with Gasteiger partial charge in [-0.05, 0) is 61.9 Å². The van der Waals surface area contributed by atoms with E-state index in [1.165, 1.54) is 35.4 Å². The van der Waals surface area contributed by atoms with Crippen LogP contribution in [0.2, 0.25) is 10.0 Å². The number of rotatable bonds is 5. The molecule has 178 valence electrons. The van der Waals surface area contributed by atoms with Crippen LogP contribution in [0.5, 0.6) is 0 Å². The second-order valence-corrected chi connectivity index (χ2v) is 8.90. The lowest BCUT2D eigenvalue weighted by molar-refractivity contribution is -0.132. The molecule has 1 aromatic heterocycles. The number of Topliss-reactive ketones (excluding diaryl/α,β-unsaturated/α-hetero) is 1. The normalized spacial score (nSPS) is 17.2. The third-order valence-electron chi connectivity index (χ3n) is 5.34. The number of carbonyl (C=O) groups excluding carboxylic acids is 3. The zero-order chi connectivity index (χ0) is 25.3. The molecular weight excluding hydrogens is 491 g/mol. The number of pyridine rings is 1. The summed E-state index contributed by atoms with van der Waals surface area (Å²) in [6, 6.07) is 12.9. The standard InChI is InChI=1S/C26H20Cl2N2O5/c1-14(2)35-26(34)16-5-3-7-18(11-16)30-22(17-6-4-10-29-13-17)21(24(32)25(30)33)23(31)15-8-9-19(27)20(28)12-15/h3-14,22,31H,1-2H3/b23-21+. The van der Waals surface area contributed by atoms with Crippen molar-refractivity contribution >= 4 is 52.3 Å². The number of esters is 1. The van der Waals surface area contributed by atoms with E-state index in [0.29, 0.717) is 5.56 Å². The lowest BCUT2D eigenvalue weighted by atomic mass is 9.96. The Morgan fingerprint density at radius 2 is 1.80 bits per heavy atom. The van der Waals surface area contributed by atoms with E-state index in [4.69, 9.17) is 27.9 Å².